The molecule has 16 heavy (non-hydrogen) atoms. The maximum atomic E-state index is 11.6. The monoisotopic (exact) mass is 303 g/mol. The number of nitrogens with zero attached hydrogens (tertiary/aromatic N) is 1. The van der Waals surface area contributed by atoms with Gasteiger partial charge in [-0.15, -0.1) is 6.58 Å². The van der Waals surface area contributed by atoms with E-state index in [-0.39, 0.29) is 15.7 Å². The number of aromatic amines is 1. The van der Waals surface area contributed by atoms with E-state index in [1.165, 1.54) is 11.8 Å². The van der Waals surface area contributed by atoms with Crippen LogP contribution in [0.25, 0.3) is 0 Å². The van der Waals surface area contributed by atoms with Gasteiger partial charge in [-0.2, -0.15) is 0 Å². The van der Waals surface area contributed by atoms with E-state index < -0.39 is 5.91 Å². The number of rotatable bonds is 4. The van der Waals surface area contributed by atoms with Crippen molar-refractivity contribution in [2.45, 2.75) is 5.16 Å². The normalized spacial score (nSPS) is 9.88. The second-order valence-electron chi connectivity index (χ2n) is 2.74. The second-order valence-corrected chi connectivity index (χ2v) is 4.32. The molecule has 0 aromatic carbocycles. The van der Waals surface area contributed by atoms with E-state index in [1.807, 2.05) is 0 Å². The van der Waals surface area contributed by atoms with Crippen molar-refractivity contribution in [3.8, 4) is 0 Å². The van der Waals surface area contributed by atoms with Crippen LogP contribution in [0.5, 0.6) is 0 Å². The number of halogens is 1. The molecule has 1 aromatic rings. The molecule has 0 radical (unpaired) electrons. The van der Waals surface area contributed by atoms with E-state index in [2.05, 4.69) is 37.8 Å². The molecule has 2 N–H and O–H groups in total. The summed E-state index contributed by atoms with van der Waals surface area (Å²) in [6.45, 7) is 3.81. The summed E-state index contributed by atoms with van der Waals surface area (Å²) in [6, 6.07) is 0. The second kappa shape index (κ2) is 5.86. The minimum absolute atomic E-state index is 0.0787. The Balaban J connectivity index is 3.11. The van der Waals surface area contributed by atoms with Crippen LogP contribution in [0.3, 0.4) is 0 Å². The van der Waals surface area contributed by atoms with Crippen LogP contribution >= 0.6 is 27.7 Å². The number of aromatic nitrogens is 2. The Kier molecular flexibility index (Phi) is 4.75. The van der Waals surface area contributed by atoms with Crippen molar-refractivity contribution in [2.24, 2.45) is 0 Å². The van der Waals surface area contributed by atoms with E-state index in [4.69, 9.17) is 0 Å². The van der Waals surface area contributed by atoms with Gasteiger partial charge in [0.1, 0.15) is 4.47 Å². The summed E-state index contributed by atoms with van der Waals surface area (Å²) < 4.78 is 0.131. The number of H-pyrrole nitrogens is 1. The van der Waals surface area contributed by atoms with Crippen LogP contribution in [0.4, 0.5) is 0 Å². The summed E-state index contributed by atoms with van der Waals surface area (Å²) in [4.78, 5) is 29.6. The SMILES string of the molecule is C=CCNC(=O)c1nc(SC)[nH]c(=O)c1Br. The van der Waals surface area contributed by atoms with Gasteiger partial charge in [-0.25, -0.2) is 4.98 Å². The molecule has 1 heterocycles. The molecule has 0 saturated heterocycles. The molecule has 0 aliphatic heterocycles. The Hall–Kier alpha value is -1.08. The van der Waals surface area contributed by atoms with Gasteiger partial charge in [-0.05, 0) is 22.2 Å². The number of carbonyl (C=O) groups excluding carboxylic acids is 1. The van der Waals surface area contributed by atoms with Gasteiger partial charge in [0.25, 0.3) is 11.5 Å². The smallest absolute Gasteiger partial charge is 0.271 e. The van der Waals surface area contributed by atoms with Crippen LogP contribution in [0.2, 0.25) is 0 Å². The molecule has 0 atom stereocenters. The molecule has 7 heteroatoms. The fraction of sp³-hybridized carbons (Fsp3) is 0.222. The van der Waals surface area contributed by atoms with Crippen LogP contribution in [-0.2, 0) is 0 Å². The zero-order valence-corrected chi connectivity index (χ0v) is 10.9. The molecule has 0 unspecified atom stereocenters. The van der Waals surface area contributed by atoms with Crippen molar-refractivity contribution >= 4 is 33.6 Å². The van der Waals surface area contributed by atoms with Gasteiger partial charge in [0.05, 0.1) is 0 Å². The molecule has 86 valence electrons. The third kappa shape index (κ3) is 2.96. The first kappa shape index (κ1) is 13.0. The summed E-state index contributed by atoms with van der Waals surface area (Å²) in [5.74, 6) is -0.409. The first-order valence-corrected chi connectivity index (χ1v) is 6.34. The average molecular weight is 304 g/mol. The Morgan fingerprint density at radius 1 is 1.75 bits per heavy atom. The molecule has 5 nitrogen and oxygen atoms in total. The number of hydrogen-bond acceptors (Lipinski definition) is 4. The number of carbonyl (C=O) groups is 1. The maximum absolute atomic E-state index is 11.6. The van der Waals surface area contributed by atoms with E-state index >= 15 is 0 Å². The van der Waals surface area contributed by atoms with E-state index in [9.17, 15) is 9.59 Å². The van der Waals surface area contributed by atoms with E-state index in [1.54, 1.807) is 12.3 Å². The van der Waals surface area contributed by atoms with Crippen molar-refractivity contribution in [1.29, 1.82) is 0 Å². The number of thioether (sulfide) groups is 1. The minimum Gasteiger partial charge on any atom is -0.347 e. The molecule has 1 amide bonds. The molecule has 0 bridgehead atoms. The first-order chi connectivity index (χ1) is 7.60. The van der Waals surface area contributed by atoms with Crippen molar-refractivity contribution in [1.82, 2.24) is 15.3 Å². The zero-order chi connectivity index (χ0) is 12.1. The van der Waals surface area contributed by atoms with E-state index in [0.717, 1.165) is 0 Å². The molecule has 1 rings (SSSR count). The molecular weight excluding hydrogens is 294 g/mol. The van der Waals surface area contributed by atoms with Gasteiger partial charge in [0.15, 0.2) is 10.9 Å². The molecule has 0 spiro atoms. The van der Waals surface area contributed by atoms with Crippen molar-refractivity contribution in [3.05, 3.63) is 33.2 Å². The predicted octanol–water partition coefficient (Wildman–Crippen LogP) is 1.17. The fourth-order valence-corrected chi connectivity index (χ4v) is 1.68. The largest absolute Gasteiger partial charge is 0.347 e. The molecule has 0 aliphatic carbocycles. The average Bonchev–Trinajstić information content (AvgIpc) is 2.29. The Morgan fingerprint density at radius 3 is 3.00 bits per heavy atom. The lowest BCUT2D eigenvalue weighted by molar-refractivity contribution is 0.0951. The fourth-order valence-electron chi connectivity index (χ4n) is 0.934. The third-order valence-electron chi connectivity index (χ3n) is 1.66. The molecule has 0 fully saturated rings. The minimum atomic E-state index is -0.409. The van der Waals surface area contributed by atoms with Crippen molar-refractivity contribution in [3.63, 3.8) is 0 Å². The first-order valence-electron chi connectivity index (χ1n) is 4.33. The predicted molar refractivity (Wildman–Crippen MR) is 66.9 cm³/mol. The lowest BCUT2D eigenvalue weighted by Crippen LogP contribution is -2.27. The van der Waals surface area contributed by atoms with Gasteiger partial charge < -0.3 is 10.3 Å². The van der Waals surface area contributed by atoms with Crippen LogP contribution in [-0.4, -0.2) is 28.7 Å². The number of hydrogen-bond donors (Lipinski definition) is 2. The maximum Gasteiger partial charge on any atom is 0.271 e. The topological polar surface area (TPSA) is 74.8 Å². The zero-order valence-electron chi connectivity index (χ0n) is 8.54. The van der Waals surface area contributed by atoms with Crippen LogP contribution in [0.15, 0.2) is 27.1 Å². The standard InChI is InChI=1S/C9H10BrN3O2S/c1-3-4-11-8(15)6-5(10)7(14)13-9(12-6)16-2/h3H,1,4H2,2H3,(H,11,15)(H,12,13,14). The summed E-state index contributed by atoms with van der Waals surface area (Å²) in [6.07, 6.45) is 3.31. The van der Waals surface area contributed by atoms with Crippen LogP contribution < -0.4 is 10.9 Å². The van der Waals surface area contributed by atoms with Gasteiger partial charge in [-0.3, -0.25) is 9.59 Å². The molecule has 0 aliphatic rings. The van der Waals surface area contributed by atoms with E-state index in [0.29, 0.717) is 11.7 Å². The Labute approximate surface area is 105 Å². The van der Waals surface area contributed by atoms with Crippen molar-refractivity contribution in [2.75, 3.05) is 12.8 Å². The lowest BCUT2D eigenvalue weighted by Gasteiger charge is -2.04. The Bertz CT molecular complexity index is 472. The summed E-state index contributed by atoms with van der Waals surface area (Å²) in [7, 11) is 0. The lowest BCUT2D eigenvalue weighted by atomic mass is 10.4. The van der Waals surface area contributed by atoms with Gasteiger partial charge in [0, 0.05) is 6.54 Å². The summed E-state index contributed by atoms with van der Waals surface area (Å²) in [5, 5.41) is 2.96. The third-order valence-corrected chi connectivity index (χ3v) is 2.97. The Morgan fingerprint density at radius 2 is 2.44 bits per heavy atom. The summed E-state index contributed by atoms with van der Waals surface area (Å²) >= 11 is 4.29. The molecular formula is C9H10BrN3O2S. The quantitative estimate of drug-likeness (QED) is 0.497. The van der Waals surface area contributed by atoms with Gasteiger partial charge in [-0.1, -0.05) is 17.8 Å². The van der Waals surface area contributed by atoms with Crippen molar-refractivity contribution < 1.29 is 4.79 Å². The van der Waals surface area contributed by atoms with Gasteiger partial charge >= 0.3 is 0 Å². The highest BCUT2D eigenvalue weighted by atomic mass is 79.9. The highest BCUT2D eigenvalue weighted by Gasteiger charge is 2.15. The summed E-state index contributed by atoms with van der Waals surface area (Å²) in [5.41, 5.74) is -0.293. The van der Waals surface area contributed by atoms with Crippen LogP contribution in [0.1, 0.15) is 10.5 Å². The molecule has 1 aromatic heterocycles. The highest BCUT2D eigenvalue weighted by Crippen LogP contribution is 2.13. The highest BCUT2D eigenvalue weighted by molar-refractivity contribution is 9.10. The van der Waals surface area contributed by atoms with Crippen LogP contribution in [0, 0.1) is 0 Å². The number of nitrogens with one attached hydrogen (secondary N) is 2. The number of amides is 1. The van der Waals surface area contributed by atoms with Gasteiger partial charge in [0.2, 0.25) is 0 Å². The molecule has 0 saturated carbocycles.